The highest BCUT2D eigenvalue weighted by Gasteiger charge is 2.05. The number of ether oxygens (including phenoxy) is 2. The Morgan fingerprint density at radius 1 is 1.04 bits per heavy atom. The van der Waals surface area contributed by atoms with Crippen molar-refractivity contribution >= 4 is 21.9 Å². The van der Waals surface area contributed by atoms with Gasteiger partial charge in [-0.1, -0.05) is 12.1 Å². The van der Waals surface area contributed by atoms with Crippen LogP contribution in [0.3, 0.4) is 0 Å². The molecule has 4 nitrogen and oxygen atoms in total. The monoisotopic (exact) mass is 392 g/mol. The molecule has 0 amide bonds. The van der Waals surface area contributed by atoms with Gasteiger partial charge in [0.1, 0.15) is 24.7 Å². The summed E-state index contributed by atoms with van der Waals surface area (Å²) >= 11 is 3.46. The second-order valence-electron chi connectivity index (χ2n) is 5.68. The Balaban J connectivity index is 1.82. The molecule has 0 saturated heterocycles. The minimum absolute atomic E-state index is 0.121. The van der Waals surface area contributed by atoms with E-state index >= 15 is 0 Å². The van der Waals surface area contributed by atoms with Crippen LogP contribution in [0.1, 0.15) is 23.1 Å². The van der Waals surface area contributed by atoms with E-state index in [4.69, 9.17) is 14.6 Å². The van der Waals surface area contributed by atoms with Crippen LogP contribution < -0.4 is 9.47 Å². The maximum atomic E-state index is 10.6. The number of carboxylic acid groups (broad SMARTS) is 1. The standard InChI is InChI=1S/C19H21BrO4/c1-13-9-14(2)11-16(10-13)23-7-8-24-18-5-3-15(12-17(18)20)4-6-19(21)22/h3,5,9-12H,4,6-8H2,1-2H3,(H,21,22). The molecular formula is C19H21BrO4. The molecule has 0 unspecified atom stereocenters. The van der Waals surface area contributed by atoms with Crippen molar-refractivity contribution in [1.82, 2.24) is 0 Å². The smallest absolute Gasteiger partial charge is 0.303 e. The van der Waals surface area contributed by atoms with Gasteiger partial charge in [-0.3, -0.25) is 4.79 Å². The zero-order valence-electron chi connectivity index (χ0n) is 13.8. The maximum Gasteiger partial charge on any atom is 0.303 e. The lowest BCUT2D eigenvalue weighted by atomic mass is 10.1. The Morgan fingerprint density at radius 3 is 2.33 bits per heavy atom. The number of aliphatic carboxylic acids is 1. The van der Waals surface area contributed by atoms with Gasteiger partial charge in [-0.25, -0.2) is 0 Å². The van der Waals surface area contributed by atoms with Crippen molar-refractivity contribution in [2.45, 2.75) is 26.7 Å². The fourth-order valence-corrected chi connectivity index (χ4v) is 2.94. The van der Waals surface area contributed by atoms with Gasteiger partial charge in [0.05, 0.1) is 4.47 Å². The topological polar surface area (TPSA) is 55.8 Å². The van der Waals surface area contributed by atoms with Crippen LogP contribution in [0.15, 0.2) is 40.9 Å². The minimum Gasteiger partial charge on any atom is -0.490 e. The summed E-state index contributed by atoms with van der Waals surface area (Å²) in [5.74, 6) is 0.771. The predicted molar refractivity (Wildman–Crippen MR) is 97.0 cm³/mol. The van der Waals surface area contributed by atoms with Gasteiger partial charge in [-0.05, 0) is 77.2 Å². The summed E-state index contributed by atoms with van der Waals surface area (Å²) < 4.78 is 12.2. The molecule has 0 radical (unpaired) electrons. The maximum absolute atomic E-state index is 10.6. The molecule has 0 fully saturated rings. The first-order chi connectivity index (χ1) is 11.4. The molecule has 0 bridgehead atoms. The predicted octanol–water partition coefficient (Wildman–Crippen LogP) is 4.54. The molecule has 24 heavy (non-hydrogen) atoms. The van der Waals surface area contributed by atoms with Gasteiger partial charge in [0, 0.05) is 6.42 Å². The molecule has 0 heterocycles. The number of hydrogen-bond donors (Lipinski definition) is 1. The summed E-state index contributed by atoms with van der Waals surface area (Å²) in [5, 5.41) is 8.72. The van der Waals surface area contributed by atoms with Crippen molar-refractivity contribution < 1.29 is 19.4 Å². The van der Waals surface area contributed by atoms with E-state index in [1.807, 2.05) is 44.2 Å². The molecule has 0 aromatic heterocycles. The molecule has 0 spiro atoms. The zero-order chi connectivity index (χ0) is 17.5. The van der Waals surface area contributed by atoms with Crippen molar-refractivity contribution in [1.29, 1.82) is 0 Å². The van der Waals surface area contributed by atoms with Crippen LogP contribution in [0.25, 0.3) is 0 Å². The number of aryl methyl sites for hydroxylation is 3. The summed E-state index contributed by atoms with van der Waals surface area (Å²) in [7, 11) is 0. The molecule has 0 aliphatic rings. The average Bonchev–Trinajstić information content (AvgIpc) is 2.50. The van der Waals surface area contributed by atoms with E-state index in [0.29, 0.717) is 19.6 Å². The molecule has 2 rings (SSSR count). The van der Waals surface area contributed by atoms with Gasteiger partial charge in [-0.15, -0.1) is 0 Å². The molecule has 128 valence electrons. The highest BCUT2D eigenvalue weighted by atomic mass is 79.9. The van der Waals surface area contributed by atoms with Crippen LogP contribution in [0.5, 0.6) is 11.5 Å². The summed E-state index contributed by atoms with van der Waals surface area (Å²) in [4.78, 5) is 10.6. The molecular weight excluding hydrogens is 372 g/mol. The number of carboxylic acids is 1. The average molecular weight is 393 g/mol. The van der Waals surface area contributed by atoms with E-state index in [1.165, 1.54) is 11.1 Å². The van der Waals surface area contributed by atoms with Gasteiger partial charge < -0.3 is 14.6 Å². The van der Waals surface area contributed by atoms with Crippen molar-refractivity contribution in [2.24, 2.45) is 0 Å². The van der Waals surface area contributed by atoms with Crippen molar-refractivity contribution in [2.75, 3.05) is 13.2 Å². The van der Waals surface area contributed by atoms with Gasteiger partial charge in [0.15, 0.2) is 0 Å². The molecule has 5 heteroatoms. The first kappa shape index (κ1) is 18.3. The van der Waals surface area contributed by atoms with E-state index in [9.17, 15) is 4.79 Å². The Hall–Kier alpha value is -2.01. The number of halogens is 1. The zero-order valence-corrected chi connectivity index (χ0v) is 15.4. The van der Waals surface area contributed by atoms with Crippen LogP contribution >= 0.6 is 15.9 Å². The summed E-state index contributed by atoms with van der Waals surface area (Å²) in [5.41, 5.74) is 3.30. The minimum atomic E-state index is -0.796. The Labute approximate surface area is 150 Å². The summed E-state index contributed by atoms with van der Waals surface area (Å²) in [6.45, 7) is 4.97. The fourth-order valence-electron chi connectivity index (χ4n) is 2.40. The number of hydrogen-bond acceptors (Lipinski definition) is 3. The van der Waals surface area contributed by atoms with E-state index < -0.39 is 5.97 Å². The van der Waals surface area contributed by atoms with Crippen molar-refractivity contribution in [3.05, 3.63) is 57.6 Å². The van der Waals surface area contributed by atoms with Crippen LogP contribution in [0.4, 0.5) is 0 Å². The van der Waals surface area contributed by atoms with E-state index in [2.05, 4.69) is 22.0 Å². The van der Waals surface area contributed by atoms with Crippen LogP contribution in [-0.2, 0) is 11.2 Å². The van der Waals surface area contributed by atoms with E-state index in [0.717, 1.165) is 21.5 Å². The number of benzene rings is 2. The molecule has 0 saturated carbocycles. The number of carbonyl (C=O) groups is 1. The highest BCUT2D eigenvalue weighted by molar-refractivity contribution is 9.10. The van der Waals surface area contributed by atoms with Crippen molar-refractivity contribution in [3.8, 4) is 11.5 Å². The Morgan fingerprint density at radius 2 is 1.71 bits per heavy atom. The Kier molecular flexibility index (Phi) is 6.67. The first-order valence-electron chi connectivity index (χ1n) is 7.78. The van der Waals surface area contributed by atoms with Crippen LogP contribution in [0.2, 0.25) is 0 Å². The van der Waals surface area contributed by atoms with Crippen LogP contribution in [-0.4, -0.2) is 24.3 Å². The quantitative estimate of drug-likeness (QED) is 0.669. The second-order valence-corrected chi connectivity index (χ2v) is 6.53. The first-order valence-corrected chi connectivity index (χ1v) is 8.57. The fraction of sp³-hybridized carbons (Fsp3) is 0.316. The summed E-state index contributed by atoms with van der Waals surface area (Å²) in [6.07, 6.45) is 0.625. The molecule has 2 aromatic carbocycles. The largest absolute Gasteiger partial charge is 0.490 e. The molecule has 0 atom stereocenters. The third kappa shape index (κ3) is 5.89. The van der Waals surface area contributed by atoms with Crippen LogP contribution in [0, 0.1) is 13.8 Å². The van der Waals surface area contributed by atoms with Gasteiger partial charge in [0.2, 0.25) is 0 Å². The number of rotatable bonds is 8. The summed E-state index contributed by atoms with van der Waals surface area (Å²) in [6, 6.07) is 11.7. The van der Waals surface area contributed by atoms with E-state index in [-0.39, 0.29) is 6.42 Å². The van der Waals surface area contributed by atoms with Gasteiger partial charge in [0.25, 0.3) is 0 Å². The molecule has 1 N–H and O–H groups in total. The van der Waals surface area contributed by atoms with E-state index in [1.54, 1.807) is 0 Å². The SMILES string of the molecule is Cc1cc(C)cc(OCCOc2ccc(CCC(=O)O)cc2Br)c1. The lowest BCUT2D eigenvalue weighted by Gasteiger charge is -2.11. The second kappa shape index (κ2) is 8.73. The molecule has 0 aliphatic carbocycles. The highest BCUT2D eigenvalue weighted by Crippen LogP contribution is 2.26. The normalized spacial score (nSPS) is 10.5. The molecule has 2 aromatic rings. The van der Waals surface area contributed by atoms with Gasteiger partial charge >= 0.3 is 5.97 Å². The molecule has 0 aliphatic heterocycles. The lowest BCUT2D eigenvalue weighted by molar-refractivity contribution is -0.136. The lowest BCUT2D eigenvalue weighted by Crippen LogP contribution is -2.09. The Bertz CT molecular complexity index is 692. The third-order valence-electron chi connectivity index (χ3n) is 3.43. The van der Waals surface area contributed by atoms with Crippen molar-refractivity contribution in [3.63, 3.8) is 0 Å². The third-order valence-corrected chi connectivity index (χ3v) is 4.05. The van der Waals surface area contributed by atoms with Gasteiger partial charge in [-0.2, -0.15) is 0 Å².